The number of carbonyl (C=O) groups is 2. The van der Waals surface area contributed by atoms with E-state index < -0.39 is 22.7 Å². The molecule has 2 N–H and O–H groups in total. The van der Waals surface area contributed by atoms with Crippen molar-refractivity contribution in [1.29, 1.82) is 0 Å². The number of fused-ring (bicyclic) bond motifs is 1. The number of ether oxygens (including phenoxy) is 1. The summed E-state index contributed by atoms with van der Waals surface area (Å²) in [6, 6.07) is 9.44. The van der Waals surface area contributed by atoms with Crippen molar-refractivity contribution >= 4 is 17.9 Å². The number of hydrogen-bond acceptors (Lipinski definition) is 6. The molecule has 0 saturated carbocycles. The predicted octanol–water partition coefficient (Wildman–Crippen LogP) is 3.44. The lowest BCUT2D eigenvalue weighted by Gasteiger charge is -2.51. The van der Waals surface area contributed by atoms with Gasteiger partial charge in [0.1, 0.15) is 6.29 Å². The lowest BCUT2D eigenvalue weighted by molar-refractivity contribution is -0.116. The highest BCUT2D eigenvalue weighted by molar-refractivity contribution is 5.99. The van der Waals surface area contributed by atoms with Gasteiger partial charge in [0, 0.05) is 37.6 Å². The van der Waals surface area contributed by atoms with Crippen LogP contribution in [0.5, 0.6) is 5.75 Å². The quantitative estimate of drug-likeness (QED) is 0.554. The number of piperidine rings is 1. The minimum absolute atomic E-state index is 0.0242. The van der Waals surface area contributed by atoms with Gasteiger partial charge in [0.2, 0.25) is 0 Å². The van der Waals surface area contributed by atoms with Gasteiger partial charge >= 0.3 is 0 Å². The van der Waals surface area contributed by atoms with Crippen molar-refractivity contribution < 1.29 is 23.1 Å². The highest BCUT2D eigenvalue weighted by Gasteiger charge is 2.50. The Kier molecular flexibility index (Phi) is 6.93. The molecule has 1 spiro atoms. The molecule has 0 unspecified atom stereocenters. The Hall–Kier alpha value is -3.04. The van der Waals surface area contributed by atoms with Crippen molar-refractivity contribution in [3.8, 4) is 5.75 Å². The molecule has 0 aromatic heterocycles. The molecule has 3 heterocycles. The molecule has 0 atom stereocenters. The van der Waals surface area contributed by atoms with Gasteiger partial charge in [-0.05, 0) is 69.6 Å². The maximum atomic E-state index is 13.7. The maximum absolute atomic E-state index is 13.7. The molecule has 3 aliphatic heterocycles. The van der Waals surface area contributed by atoms with Gasteiger partial charge < -0.3 is 25.1 Å². The van der Waals surface area contributed by atoms with Gasteiger partial charge in [0.05, 0.1) is 17.8 Å². The van der Waals surface area contributed by atoms with E-state index in [1.807, 2.05) is 30.9 Å². The van der Waals surface area contributed by atoms with Gasteiger partial charge in [0.25, 0.3) is 5.91 Å². The number of amides is 1. The van der Waals surface area contributed by atoms with Crippen molar-refractivity contribution in [2.45, 2.75) is 44.9 Å². The minimum Gasteiger partial charge on any atom is -0.480 e. The van der Waals surface area contributed by atoms with Crippen LogP contribution in [0.25, 0.3) is 0 Å². The minimum atomic E-state index is -0.862. The summed E-state index contributed by atoms with van der Waals surface area (Å²) in [7, 11) is 0. The molecule has 0 aliphatic carbocycles. The van der Waals surface area contributed by atoms with Crippen LogP contribution in [0.1, 0.15) is 42.6 Å². The van der Waals surface area contributed by atoms with Crippen molar-refractivity contribution in [2.75, 3.05) is 44.6 Å². The summed E-state index contributed by atoms with van der Waals surface area (Å²) in [6.07, 6.45) is 2.56. The van der Waals surface area contributed by atoms with Crippen LogP contribution in [0.15, 0.2) is 36.4 Å². The Bertz CT molecular complexity index is 1180. The summed E-state index contributed by atoms with van der Waals surface area (Å²) in [5, 5.41) is 6.73. The van der Waals surface area contributed by atoms with Crippen LogP contribution in [-0.2, 0) is 11.3 Å². The van der Waals surface area contributed by atoms with E-state index in [1.165, 1.54) is 6.07 Å². The van der Waals surface area contributed by atoms with Crippen molar-refractivity contribution in [2.24, 2.45) is 5.41 Å². The number of nitrogens with zero attached hydrogens (tertiary/aromatic N) is 2. The smallest absolute Gasteiger partial charge is 0.258 e. The van der Waals surface area contributed by atoms with Gasteiger partial charge in [-0.15, -0.1) is 0 Å². The summed E-state index contributed by atoms with van der Waals surface area (Å²) in [5.41, 5.74) is 0.804. The van der Waals surface area contributed by atoms with Crippen molar-refractivity contribution in [3.05, 3.63) is 59.2 Å². The number of likely N-dealkylation sites (tertiary alicyclic amines) is 1. The highest BCUT2D eigenvalue weighted by atomic mass is 19.2. The highest BCUT2D eigenvalue weighted by Crippen LogP contribution is 2.41. The van der Waals surface area contributed by atoms with E-state index >= 15 is 0 Å². The van der Waals surface area contributed by atoms with Crippen LogP contribution in [0.2, 0.25) is 0 Å². The number of nitrogens with one attached hydrogen (secondary N) is 2. The zero-order valence-electron chi connectivity index (χ0n) is 21.4. The zero-order valence-corrected chi connectivity index (χ0v) is 21.4. The number of halogens is 2. The van der Waals surface area contributed by atoms with E-state index in [4.69, 9.17) is 4.74 Å². The Morgan fingerprint density at radius 1 is 1.11 bits per heavy atom. The molecule has 0 bridgehead atoms. The molecule has 7 nitrogen and oxygen atoms in total. The van der Waals surface area contributed by atoms with Crippen LogP contribution in [0.3, 0.4) is 0 Å². The van der Waals surface area contributed by atoms with E-state index in [1.54, 1.807) is 12.1 Å². The Morgan fingerprint density at radius 2 is 1.86 bits per heavy atom. The van der Waals surface area contributed by atoms with Gasteiger partial charge in [0.15, 0.2) is 23.0 Å². The van der Waals surface area contributed by atoms with Crippen molar-refractivity contribution in [3.63, 3.8) is 0 Å². The largest absolute Gasteiger partial charge is 0.480 e. The second-order valence-corrected chi connectivity index (χ2v) is 11.0. The van der Waals surface area contributed by atoms with E-state index in [0.717, 1.165) is 38.3 Å². The normalized spacial score (nSPS) is 20.7. The lowest BCUT2D eigenvalue weighted by Crippen LogP contribution is -2.69. The molecule has 2 aromatic rings. The molecule has 3 aliphatic rings. The molecular weight excluding hydrogens is 478 g/mol. The number of aldehydes is 1. The fourth-order valence-corrected chi connectivity index (χ4v) is 5.63. The Balaban J connectivity index is 1.39. The molecule has 198 valence electrons. The van der Waals surface area contributed by atoms with Gasteiger partial charge in [-0.1, -0.05) is 12.1 Å². The first kappa shape index (κ1) is 25.6. The fourth-order valence-electron chi connectivity index (χ4n) is 5.63. The van der Waals surface area contributed by atoms with E-state index in [-0.39, 0.29) is 11.9 Å². The molecule has 5 rings (SSSR count). The number of hydrogen-bond donors (Lipinski definition) is 2. The van der Waals surface area contributed by atoms with Crippen LogP contribution >= 0.6 is 0 Å². The third-order valence-electron chi connectivity index (χ3n) is 7.80. The number of carbonyl (C=O) groups excluding carboxylic acids is 2. The third-order valence-corrected chi connectivity index (χ3v) is 7.80. The second kappa shape index (κ2) is 10.0. The van der Waals surface area contributed by atoms with Crippen LogP contribution < -0.4 is 15.4 Å². The number of benzene rings is 2. The predicted molar refractivity (Wildman–Crippen MR) is 137 cm³/mol. The van der Waals surface area contributed by atoms with E-state index in [2.05, 4.69) is 15.5 Å². The van der Waals surface area contributed by atoms with Crippen molar-refractivity contribution in [1.82, 2.24) is 15.1 Å². The van der Waals surface area contributed by atoms with Gasteiger partial charge in [-0.25, -0.2) is 8.78 Å². The topological polar surface area (TPSA) is 73.9 Å². The third kappa shape index (κ3) is 5.07. The summed E-state index contributed by atoms with van der Waals surface area (Å²) in [4.78, 5) is 29.5. The average Bonchev–Trinajstić information content (AvgIpc) is 3.00. The zero-order chi connectivity index (χ0) is 26.2. The van der Waals surface area contributed by atoms with E-state index in [9.17, 15) is 18.4 Å². The van der Waals surface area contributed by atoms with Gasteiger partial charge in [-0.3, -0.25) is 9.69 Å². The Morgan fingerprint density at radius 3 is 2.54 bits per heavy atom. The monoisotopic (exact) mass is 512 g/mol. The SMILES string of the molecule is CC(C)N1CC2(CN(Cc3ccc(F)c(F)c3)C2)Oc2c(NCC3(C=O)CCNCC3)cccc2C1=O. The number of para-hydroxylation sites is 1. The maximum Gasteiger partial charge on any atom is 0.258 e. The first-order valence-corrected chi connectivity index (χ1v) is 12.9. The molecule has 9 heteroatoms. The summed E-state index contributed by atoms with van der Waals surface area (Å²) in [6.45, 7) is 8.00. The first-order chi connectivity index (χ1) is 17.7. The molecular formula is C28H34F2N4O3. The second-order valence-electron chi connectivity index (χ2n) is 11.0. The molecule has 37 heavy (non-hydrogen) atoms. The standard InChI is InChI=1S/C28H34F2N4O3/c1-19(2)34-17-28(15-33(16-28)13-20-6-7-22(29)23(30)12-20)37-25-21(26(34)36)4-3-5-24(25)32-14-27(18-35)8-10-31-11-9-27/h3-7,12,18-19,31-32H,8-11,13-17H2,1-2H3. The van der Waals surface area contributed by atoms with E-state index in [0.29, 0.717) is 55.3 Å². The number of rotatable bonds is 7. The molecule has 1 amide bonds. The lowest BCUT2D eigenvalue weighted by atomic mass is 9.80. The molecule has 2 aromatic carbocycles. The van der Waals surface area contributed by atoms with Gasteiger partial charge in [-0.2, -0.15) is 0 Å². The Labute approximate surface area is 216 Å². The average molecular weight is 513 g/mol. The number of anilines is 1. The summed E-state index contributed by atoms with van der Waals surface area (Å²) in [5.74, 6) is -1.30. The van der Waals surface area contributed by atoms with Crippen LogP contribution in [0, 0.1) is 17.0 Å². The van der Waals surface area contributed by atoms with Crippen LogP contribution in [0.4, 0.5) is 14.5 Å². The summed E-state index contributed by atoms with van der Waals surface area (Å²) < 4.78 is 33.7. The summed E-state index contributed by atoms with van der Waals surface area (Å²) >= 11 is 0. The molecule has 0 radical (unpaired) electrons. The molecule has 2 saturated heterocycles. The van der Waals surface area contributed by atoms with Crippen LogP contribution in [-0.4, -0.2) is 72.9 Å². The first-order valence-electron chi connectivity index (χ1n) is 12.9. The molecule has 2 fully saturated rings. The fraction of sp³-hybridized carbons (Fsp3) is 0.500.